The molecule has 0 aromatic carbocycles. The van der Waals surface area contributed by atoms with Crippen LogP contribution in [0.15, 0.2) is 23.4 Å². The maximum Gasteiger partial charge on any atom is 0.260 e. The Hall–Kier alpha value is -0.830. The third kappa shape index (κ3) is 3.34. The van der Waals surface area contributed by atoms with E-state index < -0.39 is 10.0 Å². The second-order valence-electron chi connectivity index (χ2n) is 2.89. The summed E-state index contributed by atoms with van der Waals surface area (Å²) in [7, 11) is -3.59. The fourth-order valence-electron chi connectivity index (χ4n) is 1.06. The summed E-state index contributed by atoms with van der Waals surface area (Å²) in [5, 5.41) is -0.0846. The smallest absolute Gasteiger partial charge is 0.260 e. The van der Waals surface area contributed by atoms with Crippen LogP contribution in [0, 0.1) is 0 Å². The van der Waals surface area contributed by atoms with Gasteiger partial charge in [0.2, 0.25) is 0 Å². The largest absolute Gasteiger partial charge is 0.321 e. The monoisotopic (exact) mass is 262 g/mol. The molecule has 16 heavy (non-hydrogen) atoms. The third-order valence-electron chi connectivity index (χ3n) is 1.78. The van der Waals surface area contributed by atoms with Crippen molar-refractivity contribution in [3.05, 3.63) is 18.3 Å². The molecule has 0 amide bonds. The summed E-state index contributed by atoms with van der Waals surface area (Å²) in [5.41, 5.74) is 2.58. The van der Waals surface area contributed by atoms with Gasteiger partial charge in [0.25, 0.3) is 10.0 Å². The molecule has 0 aliphatic heterocycles. The van der Waals surface area contributed by atoms with E-state index in [2.05, 4.69) is 15.1 Å². The van der Waals surface area contributed by atoms with Crippen molar-refractivity contribution in [3.8, 4) is 0 Å². The molecule has 0 spiro atoms. The molecule has 0 bridgehead atoms. The first-order valence-electron chi connectivity index (χ1n) is 4.52. The number of nitrogens with one attached hydrogen (secondary N) is 2. The number of anilines is 1. The van der Waals surface area contributed by atoms with Crippen molar-refractivity contribution in [1.29, 1.82) is 0 Å². The van der Waals surface area contributed by atoms with Gasteiger partial charge in [-0.2, -0.15) is 11.8 Å². The van der Waals surface area contributed by atoms with Gasteiger partial charge in [0.15, 0.2) is 5.03 Å². The molecule has 6 nitrogen and oxygen atoms in total. The molecule has 0 saturated carbocycles. The Morgan fingerprint density at radius 1 is 1.56 bits per heavy atom. The summed E-state index contributed by atoms with van der Waals surface area (Å²) in [6, 6.07) is 3.16. The number of rotatable bonds is 6. The second kappa shape index (κ2) is 6.04. The molecule has 90 valence electrons. The highest BCUT2D eigenvalue weighted by Gasteiger charge is 2.18. The molecule has 0 radical (unpaired) electrons. The fourth-order valence-corrected chi connectivity index (χ4v) is 2.62. The molecule has 0 fully saturated rings. The Balaban J connectivity index is 2.89. The number of aromatic nitrogens is 1. The van der Waals surface area contributed by atoms with E-state index in [1.54, 1.807) is 23.9 Å². The average molecular weight is 262 g/mol. The zero-order valence-electron chi connectivity index (χ0n) is 8.80. The maximum atomic E-state index is 11.8. The lowest BCUT2D eigenvalue weighted by atomic mass is 10.4. The molecule has 1 aromatic rings. The Morgan fingerprint density at radius 2 is 2.31 bits per heavy atom. The maximum absolute atomic E-state index is 11.8. The Bertz CT molecular complexity index is 435. The van der Waals surface area contributed by atoms with E-state index in [0.29, 0.717) is 12.3 Å². The number of hydrazine groups is 1. The number of pyridine rings is 1. The Labute approximate surface area is 99.0 Å². The summed E-state index contributed by atoms with van der Waals surface area (Å²) in [6.07, 6.45) is 3.31. The van der Waals surface area contributed by atoms with Crippen molar-refractivity contribution in [3.63, 3.8) is 0 Å². The van der Waals surface area contributed by atoms with Crippen molar-refractivity contribution >= 4 is 27.5 Å². The highest BCUT2D eigenvalue weighted by Crippen LogP contribution is 2.15. The van der Waals surface area contributed by atoms with E-state index in [1.165, 1.54) is 6.20 Å². The first-order chi connectivity index (χ1) is 7.61. The number of hydrogen-bond acceptors (Lipinski definition) is 6. The van der Waals surface area contributed by atoms with Gasteiger partial charge in [-0.1, -0.05) is 0 Å². The summed E-state index contributed by atoms with van der Waals surface area (Å²) in [4.78, 5) is 3.80. The number of nitrogens with two attached hydrogens (primary N) is 1. The van der Waals surface area contributed by atoms with Crippen molar-refractivity contribution in [2.75, 3.05) is 24.0 Å². The van der Waals surface area contributed by atoms with Gasteiger partial charge < -0.3 is 5.43 Å². The van der Waals surface area contributed by atoms with Crippen LogP contribution in [0.1, 0.15) is 0 Å². The van der Waals surface area contributed by atoms with Gasteiger partial charge in [0, 0.05) is 18.5 Å². The van der Waals surface area contributed by atoms with E-state index in [4.69, 9.17) is 5.84 Å². The molecule has 0 atom stereocenters. The molecule has 8 heteroatoms. The Kier molecular flexibility index (Phi) is 5.00. The first kappa shape index (κ1) is 13.2. The van der Waals surface area contributed by atoms with Gasteiger partial charge in [-0.15, -0.1) is 0 Å². The fraction of sp³-hybridized carbons (Fsp3) is 0.375. The normalized spacial score (nSPS) is 11.4. The summed E-state index contributed by atoms with van der Waals surface area (Å²) >= 11 is 1.56. The number of sulfonamides is 1. The highest BCUT2D eigenvalue weighted by atomic mass is 32.2. The molecule has 0 saturated heterocycles. The van der Waals surface area contributed by atoms with Crippen molar-refractivity contribution in [2.45, 2.75) is 5.03 Å². The minimum absolute atomic E-state index is 0.0846. The summed E-state index contributed by atoms with van der Waals surface area (Å²) in [6.45, 7) is 0.365. The molecule has 1 aromatic heterocycles. The van der Waals surface area contributed by atoms with E-state index in [9.17, 15) is 8.42 Å². The summed E-state index contributed by atoms with van der Waals surface area (Å²) < 4.78 is 26.1. The van der Waals surface area contributed by atoms with Gasteiger partial charge in [0.05, 0.1) is 5.69 Å². The van der Waals surface area contributed by atoms with Crippen LogP contribution in [0.4, 0.5) is 5.69 Å². The lowest BCUT2D eigenvalue weighted by molar-refractivity contribution is 0.580. The predicted octanol–water partition coefficient (Wildman–Crippen LogP) is 0.00850. The van der Waals surface area contributed by atoms with Crippen LogP contribution in [0.2, 0.25) is 0 Å². The van der Waals surface area contributed by atoms with Crippen molar-refractivity contribution in [1.82, 2.24) is 9.71 Å². The van der Waals surface area contributed by atoms with Gasteiger partial charge in [-0.25, -0.2) is 18.1 Å². The lowest BCUT2D eigenvalue weighted by Crippen LogP contribution is -2.28. The van der Waals surface area contributed by atoms with Gasteiger partial charge in [-0.3, -0.25) is 5.84 Å². The summed E-state index contributed by atoms with van der Waals surface area (Å²) in [5.74, 6) is 5.92. The molecular weight excluding hydrogens is 248 g/mol. The number of nitrogen functional groups attached to an aromatic ring is 1. The van der Waals surface area contributed by atoms with Gasteiger partial charge in [-0.05, 0) is 18.4 Å². The van der Waals surface area contributed by atoms with E-state index >= 15 is 0 Å². The third-order valence-corrected chi connectivity index (χ3v) is 3.81. The zero-order valence-corrected chi connectivity index (χ0v) is 10.4. The molecule has 1 heterocycles. The van der Waals surface area contributed by atoms with Crippen LogP contribution in [0.25, 0.3) is 0 Å². The van der Waals surface area contributed by atoms with Crippen LogP contribution in [0.5, 0.6) is 0 Å². The zero-order chi connectivity index (χ0) is 12.0. The average Bonchev–Trinajstić information content (AvgIpc) is 2.29. The Morgan fingerprint density at radius 3 is 2.94 bits per heavy atom. The van der Waals surface area contributed by atoms with E-state index in [-0.39, 0.29) is 10.7 Å². The highest BCUT2D eigenvalue weighted by molar-refractivity contribution is 7.98. The standard InChI is InChI=1S/C8H14N4O2S2/c1-15-6-5-11-16(13,14)8-7(12-9)3-2-4-10-8/h2-4,11-12H,5-6,9H2,1H3. The minimum Gasteiger partial charge on any atom is -0.321 e. The molecule has 0 unspecified atom stereocenters. The van der Waals surface area contributed by atoms with Crippen LogP contribution < -0.4 is 16.0 Å². The second-order valence-corrected chi connectivity index (χ2v) is 5.56. The van der Waals surface area contributed by atoms with Crippen LogP contribution >= 0.6 is 11.8 Å². The van der Waals surface area contributed by atoms with E-state index in [1.807, 2.05) is 6.26 Å². The van der Waals surface area contributed by atoms with Crippen LogP contribution in [-0.2, 0) is 10.0 Å². The van der Waals surface area contributed by atoms with Crippen LogP contribution in [0.3, 0.4) is 0 Å². The number of hydrogen-bond donors (Lipinski definition) is 3. The van der Waals surface area contributed by atoms with Gasteiger partial charge >= 0.3 is 0 Å². The molecule has 0 aliphatic rings. The van der Waals surface area contributed by atoms with Crippen molar-refractivity contribution in [2.24, 2.45) is 5.84 Å². The quantitative estimate of drug-likeness (QED) is 0.379. The molecular formula is C8H14N4O2S2. The SMILES string of the molecule is CSCCNS(=O)(=O)c1ncccc1NN. The van der Waals surface area contributed by atoms with Gasteiger partial charge in [0.1, 0.15) is 0 Å². The van der Waals surface area contributed by atoms with Crippen molar-refractivity contribution < 1.29 is 8.42 Å². The van der Waals surface area contributed by atoms with Crippen LogP contribution in [-0.4, -0.2) is 32.0 Å². The topological polar surface area (TPSA) is 97.1 Å². The first-order valence-corrected chi connectivity index (χ1v) is 7.39. The van der Waals surface area contributed by atoms with E-state index in [0.717, 1.165) is 0 Å². The lowest BCUT2D eigenvalue weighted by Gasteiger charge is -2.08. The minimum atomic E-state index is -3.59. The number of nitrogens with zero attached hydrogens (tertiary/aromatic N) is 1. The molecule has 0 aliphatic carbocycles. The molecule has 1 rings (SSSR count). The molecule has 4 N–H and O–H groups in total. The predicted molar refractivity (Wildman–Crippen MR) is 65.6 cm³/mol. The number of thioether (sulfide) groups is 1.